The lowest BCUT2D eigenvalue weighted by atomic mass is 9.74. The summed E-state index contributed by atoms with van der Waals surface area (Å²) in [6.07, 6.45) is 43.9. The molecule has 3 aromatic rings. The zero-order valence-corrected chi connectivity index (χ0v) is 32.1. The maximum atomic E-state index is 2.58. The normalized spacial score (nSPS) is 28.2. The van der Waals surface area contributed by atoms with E-state index < -0.39 is 0 Å². The molecule has 2 heteroatoms. The van der Waals surface area contributed by atoms with Crippen molar-refractivity contribution in [2.24, 2.45) is 35.5 Å². The standard InChI is InChI=1S/C51H56N2/c1-35-13-12-16-40(31-35)41-23-28-46(36(2)32-41)39-21-24-43(25-22-39)52(42-17-8-5-9-18-42)45-27-30-49-48-19-10-11-20-50(48)53(51(49)34-45)44-26-29-47(37(3)33-44)38-14-6-4-7-15-38/h5-6,8-9,12,14,16-21,24,26-31,33-38,41,47H,4,7,10-11,13,15,22-23,25,32H2,1-3H3. The molecule has 2 nitrogen and oxygen atoms in total. The van der Waals surface area contributed by atoms with Crippen LogP contribution in [0.15, 0.2) is 138 Å². The summed E-state index contributed by atoms with van der Waals surface area (Å²) in [5.41, 5.74) is 11.1. The van der Waals surface area contributed by atoms with E-state index >= 15 is 0 Å². The highest BCUT2D eigenvalue weighted by Gasteiger charge is 2.29. The van der Waals surface area contributed by atoms with E-state index in [2.05, 4.69) is 158 Å². The van der Waals surface area contributed by atoms with Crippen molar-refractivity contribution in [1.29, 1.82) is 0 Å². The Hall–Kier alpha value is -4.56. The molecule has 0 spiro atoms. The van der Waals surface area contributed by atoms with E-state index in [1.165, 1.54) is 81.9 Å². The average molecular weight is 697 g/mol. The van der Waals surface area contributed by atoms with Crippen LogP contribution in [-0.4, -0.2) is 4.57 Å². The molecule has 0 fully saturated rings. The maximum absolute atomic E-state index is 2.58. The van der Waals surface area contributed by atoms with Crippen LogP contribution in [0.4, 0.5) is 11.4 Å². The molecule has 6 aliphatic rings. The molecule has 0 N–H and O–H groups in total. The molecule has 0 aliphatic heterocycles. The number of allylic oxidation sites excluding steroid dienone is 16. The topological polar surface area (TPSA) is 8.17 Å². The third kappa shape index (κ3) is 6.64. The number of hydrogen-bond acceptors (Lipinski definition) is 1. The number of para-hydroxylation sites is 1. The van der Waals surface area contributed by atoms with Gasteiger partial charge in [-0.15, -0.1) is 0 Å². The number of nitrogens with zero attached hydrogens (tertiary/aromatic N) is 2. The average Bonchev–Trinajstić information content (AvgIpc) is 3.53. The molecule has 0 radical (unpaired) electrons. The van der Waals surface area contributed by atoms with Crippen LogP contribution in [0.5, 0.6) is 0 Å². The molecule has 270 valence electrons. The van der Waals surface area contributed by atoms with Crippen molar-refractivity contribution in [2.75, 3.05) is 4.90 Å². The van der Waals surface area contributed by atoms with Gasteiger partial charge in [0, 0.05) is 38.7 Å². The van der Waals surface area contributed by atoms with Gasteiger partial charge in [0.05, 0.1) is 5.52 Å². The van der Waals surface area contributed by atoms with E-state index in [1.54, 1.807) is 11.1 Å². The quantitative estimate of drug-likeness (QED) is 0.223. The molecule has 0 saturated carbocycles. The maximum Gasteiger partial charge on any atom is 0.0561 e. The minimum Gasteiger partial charge on any atom is -0.314 e. The summed E-state index contributed by atoms with van der Waals surface area (Å²) >= 11 is 0. The van der Waals surface area contributed by atoms with Crippen LogP contribution in [-0.2, 0) is 0 Å². The smallest absolute Gasteiger partial charge is 0.0561 e. The number of benzene rings is 2. The van der Waals surface area contributed by atoms with Crippen LogP contribution in [0.1, 0.15) is 85.0 Å². The Balaban J connectivity index is 1.07. The summed E-state index contributed by atoms with van der Waals surface area (Å²) < 4.78 is 2.57. The van der Waals surface area contributed by atoms with Gasteiger partial charge in [0.15, 0.2) is 0 Å². The Morgan fingerprint density at radius 1 is 0.774 bits per heavy atom. The van der Waals surface area contributed by atoms with Crippen molar-refractivity contribution in [3.8, 4) is 0 Å². The van der Waals surface area contributed by atoms with Crippen molar-refractivity contribution in [3.05, 3.63) is 148 Å². The van der Waals surface area contributed by atoms with Crippen LogP contribution in [0.3, 0.4) is 0 Å². The first-order chi connectivity index (χ1) is 26.0. The SMILES string of the molecule is CC1C=C(C2CC=C(C3=CC=C(N(c4ccccc4)c4ccc5c6c(n(C7=CC(C)C(C8C=CCCC8)C=C7)c5c4)=CCCC=6)CC3)C(C)C2)C=CC1. The summed E-state index contributed by atoms with van der Waals surface area (Å²) in [7, 11) is 0. The number of anilines is 2. The van der Waals surface area contributed by atoms with Gasteiger partial charge in [-0.3, -0.25) is 0 Å². The molecule has 6 aliphatic carbocycles. The molecule has 9 rings (SSSR count). The predicted molar refractivity (Wildman–Crippen MR) is 227 cm³/mol. The zero-order valence-electron chi connectivity index (χ0n) is 32.1. The van der Waals surface area contributed by atoms with Gasteiger partial charge in [0.2, 0.25) is 0 Å². The Kier molecular flexibility index (Phi) is 9.49. The van der Waals surface area contributed by atoms with Crippen molar-refractivity contribution in [2.45, 2.75) is 85.0 Å². The van der Waals surface area contributed by atoms with Gasteiger partial charge in [-0.1, -0.05) is 112 Å². The lowest BCUT2D eigenvalue weighted by molar-refractivity contribution is 0.355. The largest absolute Gasteiger partial charge is 0.314 e. The van der Waals surface area contributed by atoms with Gasteiger partial charge in [0.25, 0.3) is 0 Å². The second-order valence-corrected chi connectivity index (χ2v) is 16.8. The summed E-state index contributed by atoms with van der Waals surface area (Å²) in [5, 5.41) is 4.12. The van der Waals surface area contributed by atoms with Gasteiger partial charge >= 0.3 is 0 Å². The molecule has 53 heavy (non-hydrogen) atoms. The minimum atomic E-state index is 0.499. The summed E-state index contributed by atoms with van der Waals surface area (Å²) in [4.78, 5) is 2.52. The van der Waals surface area contributed by atoms with Gasteiger partial charge in [-0.2, -0.15) is 0 Å². The van der Waals surface area contributed by atoms with E-state index in [0.29, 0.717) is 35.5 Å². The van der Waals surface area contributed by atoms with E-state index in [9.17, 15) is 0 Å². The monoisotopic (exact) mass is 696 g/mol. The van der Waals surface area contributed by atoms with Gasteiger partial charge < -0.3 is 9.47 Å². The summed E-state index contributed by atoms with van der Waals surface area (Å²) in [6, 6.07) is 18.3. The second kappa shape index (κ2) is 14.7. The number of aromatic nitrogens is 1. The number of fused-ring (bicyclic) bond motifs is 3. The molecule has 1 heterocycles. The number of rotatable bonds is 7. The zero-order chi connectivity index (χ0) is 35.9. The summed E-state index contributed by atoms with van der Waals surface area (Å²) in [6.45, 7) is 7.23. The number of hydrogen-bond donors (Lipinski definition) is 0. The first-order valence-electron chi connectivity index (χ1n) is 20.8. The van der Waals surface area contributed by atoms with E-state index in [-0.39, 0.29) is 0 Å². The molecular formula is C51H56N2. The van der Waals surface area contributed by atoms with Crippen molar-refractivity contribution >= 4 is 40.1 Å². The molecule has 1 aromatic heterocycles. The minimum absolute atomic E-state index is 0.499. The first-order valence-corrected chi connectivity index (χ1v) is 20.8. The van der Waals surface area contributed by atoms with Crippen molar-refractivity contribution in [1.82, 2.24) is 4.57 Å². The lowest BCUT2D eigenvalue weighted by Crippen LogP contribution is -2.31. The lowest BCUT2D eigenvalue weighted by Gasteiger charge is -2.33. The fourth-order valence-electron chi connectivity index (χ4n) is 10.4. The highest BCUT2D eigenvalue weighted by molar-refractivity contribution is 5.91. The van der Waals surface area contributed by atoms with Crippen molar-refractivity contribution in [3.63, 3.8) is 0 Å². The fraction of sp³-hybridized carbons (Fsp3) is 0.373. The van der Waals surface area contributed by atoms with E-state index in [1.807, 2.05) is 0 Å². The van der Waals surface area contributed by atoms with Gasteiger partial charge in [-0.25, -0.2) is 0 Å². The summed E-state index contributed by atoms with van der Waals surface area (Å²) in [5.74, 6) is 3.64. The van der Waals surface area contributed by atoms with E-state index in [4.69, 9.17) is 0 Å². The third-order valence-electron chi connectivity index (χ3n) is 13.1. The molecule has 0 bridgehead atoms. The molecular weight excluding hydrogens is 641 g/mol. The Labute approximate surface area is 317 Å². The highest BCUT2D eigenvalue weighted by Crippen LogP contribution is 2.43. The van der Waals surface area contributed by atoms with Crippen LogP contribution in [0, 0.1) is 35.5 Å². The van der Waals surface area contributed by atoms with Crippen LogP contribution in [0.2, 0.25) is 0 Å². The third-order valence-corrected chi connectivity index (χ3v) is 13.1. The Bertz CT molecular complexity index is 2260. The second-order valence-electron chi connectivity index (χ2n) is 16.8. The first kappa shape index (κ1) is 34.2. The fourth-order valence-corrected chi connectivity index (χ4v) is 10.4. The Morgan fingerprint density at radius 2 is 1.66 bits per heavy atom. The molecule has 6 unspecified atom stereocenters. The molecule has 0 saturated heterocycles. The molecule has 2 aromatic carbocycles. The van der Waals surface area contributed by atoms with Crippen LogP contribution in [0.25, 0.3) is 28.8 Å². The van der Waals surface area contributed by atoms with Crippen LogP contribution < -0.4 is 15.5 Å². The van der Waals surface area contributed by atoms with Crippen molar-refractivity contribution < 1.29 is 0 Å². The van der Waals surface area contributed by atoms with Gasteiger partial charge in [0.1, 0.15) is 0 Å². The van der Waals surface area contributed by atoms with Gasteiger partial charge in [-0.05, 0) is 153 Å². The molecule has 0 amide bonds. The Morgan fingerprint density at radius 3 is 2.43 bits per heavy atom. The highest BCUT2D eigenvalue weighted by atomic mass is 15.2. The van der Waals surface area contributed by atoms with E-state index in [0.717, 1.165) is 32.1 Å². The predicted octanol–water partition coefficient (Wildman–Crippen LogP) is 12.3. The van der Waals surface area contributed by atoms with Crippen LogP contribution >= 0.6 is 0 Å². The molecule has 6 atom stereocenters.